The Labute approximate surface area is 165 Å². The van der Waals surface area contributed by atoms with Crippen molar-refractivity contribution < 1.29 is 19.1 Å². The first-order chi connectivity index (χ1) is 12.8. The minimum atomic E-state index is -0.383. The lowest BCUT2D eigenvalue weighted by molar-refractivity contribution is -0.137. The van der Waals surface area contributed by atoms with Gasteiger partial charge in [0.1, 0.15) is 5.00 Å². The maximum absolute atomic E-state index is 12.8. The zero-order chi connectivity index (χ0) is 20.1. The van der Waals surface area contributed by atoms with Crippen molar-refractivity contribution >= 4 is 34.1 Å². The summed E-state index contributed by atoms with van der Waals surface area (Å²) in [5, 5.41) is 3.53. The zero-order valence-electron chi connectivity index (χ0n) is 16.9. The highest BCUT2D eigenvalue weighted by molar-refractivity contribution is 7.16. The van der Waals surface area contributed by atoms with Crippen LogP contribution in [0.3, 0.4) is 0 Å². The minimum Gasteiger partial charge on any atom is -0.462 e. The summed E-state index contributed by atoms with van der Waals surface area (Å²) >= 11 is 1.42. The number of aryl methyl sites for hydroxylation is 1. The SMILES string of the molecule is CCOC(=O)c1c(NC(=O)C2CCN(C(=O)C(C)C)CC2)sc(C)c1CC. The molecule has 2 rings (SSSR count). The van der Waals surface area contributed by atoms with Gasteiger partial charge in [-0.2, -0.15) is 0 Å². The summed E-state index contributed by atoms with van der Waals surface area (Å²) in [5.74, 6) is -0.500. The Kier molecular flexibility index (Phi) is 7.41. The van der Waals surface area contributed by atoms with Crippen LogP contribution in [0.1, 0.15) is 61.3 Å². The third kappa shape index (κ3) is 4.89. The number of carbonyl (C=O) groups is 3. The molecular formula is C20H30N2O4S. The van der Waals surface area contributed by atoms with E-state index in [4.69, 9.17) is 4.74 Å². The number of hydrogen-bond donors (Lipinski definition) is 1. The van der Waals surface area contributed by atoms with Crippen LogP contribution in [0.4, 0.5) is 5.00 Å². The molecule has 0 unspecified atom stereocenters. The average molecular weight is 395 g/mol. The predicted molar refractivity (Wildman–Crippen MR) is 107 cm³/mol. The van der Waals surface area contributed by atoms with E-state index in [2.05, 4.69) is 5.32 Å². The molecule has 0 aliphatic carbocycles. The number of carbonyl (C=O) groups excluding carboxylic acids is 3. The normalized spacial score (nSPS) is 15.1. The molecule has 0 bridgehead atoms. The highest BCUT2D eigenvalue weighted by Gasteiger charge is 2.30. The molecule has 1 aliphatic heterocycles. The number of rotatable bonds is 6. The highest BCUT2D eigenvalue weighted by Crippen LogP contribution is 2.35. The van der Waals surface area contributed by atoms with Crippen molar-refractivity contribution in [2.75, 3.05) is 25.0 Å². The predicted octanol–water partition coefficient (Wildman–Crippen LogP) is 3.63. The maximum Gasteiger partial charge on any atom is 0.341 e. The van der Waals surface area contributed by atoms with Gasteiger partial charge in [0.15, 0.2) is 0 Å². The van der Waals surface area contributed by atoms with E-state index >= 15 is 0 Å². The van der Waals surface area contributed by atoms with Gasteiger partial charge in [0.2, 0.25) is 11.8 Å². The van der Waals surface area contributed by atoms with Crippen LogP contribution in [0.2, 0.25) is 0 Å². The van der Waals surface area contributed by atoms with Gasteiger partial charge in [0, 0.05) is 29.8 Å². The molecule has 0 saturated carbocycles. The molecule has 0 atom stereocenters. The van der Waals surface area contributed by atoms with Crippen LogP contribution < -0.4 is 5.32 Å². The highest BCUT2D eigenvalue weighted by atomic mass is 32.1. The zero-order valence-corrected chi connectivity index (χ0v) is 17.7. The van der Waals surface area contributed by atoms with Crippen LogP contribution in [0.15, 0.2) is 0 Å². The lowest BCUT2D eigenvalue weighted by Gasteiger charge is -2.32. The standard InChI is InChI=1S/C20H30N2O4S/c1-6-15-13(5)27-18(16(15)20(25)26-7-2)21-17(23)14-8-10-22(11-9-14)19(24)12(3)4/h12,14H,6-11H2,1-5H3,(H,21,23). The lowest BCUT2D eigenvalue weighted by Crippen LogP contribution is -2.43. The molecule has 2 heterocycles. The third-order valence-electron chi connectivity index (χ3n) is 4.95. The number of ether oxygens (including phenoxy) is 1. The Morgan fingerprint density at radius 2 is 1.85 bits per heavy atom. The third-order valence-corrected chi connectivity index (χ3v) is 6.01. The number of hydrogen-bond acceptors (Lipinski definition) is 5. The topological polar surface area (TPSA) is 75.7 Å². The number of piperidine rings is 1. The number of likely N-dealkylation sites (tertiary alicyclic amines) is 1. The second-order valence-corrected chi connectivity index (χ2v) is 8.38. The van der Waals surface area contributed by atoms with Gasteiger partial charge in [0.25, 0.3) is 0 Å². The van der Waals surface area contributed by atoms with Crippen molar-refractivity contribution in [3.8, 4) is 0 Å². The quantitative estimate of drug-likeness (QED) is 0.748. The van der Waals surface area contributed by atoms with E-state index in [1.54, 1.807) is 6.92 Å². The molecule has 1 saturated heterocycles. The van der Waals surface area contributed by atoms with Crippen molar-refractivity contribution in [1.29, 1.82) is 0 Å². The number of esters is 1. The minimum absolute atomic E-state index is 0.0240. The summed E-state index contributed by atoms with van der Waals surface area (Å²) < 4.78 is 5.19. The van der Waals surface area contributed by atoms with E-state index in [0.29, 0.717) is 49.5 Å². The molecule has 6 nitrogen and oxygen atoms in total. The first-order valence-corrected chi connectivity index (χ1v) is 10.5. The van der Waals surface area contributed by atoms with Crippen LogP contribution >= 0.6 is 11.3 Å². The van der Waals surface area contributed by atoms with Crippen molar-refractivity contribution in [3.63, 3.8) is 0 Å². The van der Waals surface area contributed by atoms with Crippen molar-refractivity contribution in [1.82, 2.24) is 4.90 Å². The second-order valence-electron chi connectivity index (χ2n) is 7.16. The van der Waals surface area contributed by atoms with Crippen LogP contribution in [0.25, 0.3) is 0 Å². The molecule has 1 aromatic heterocycles. The summed E-state index contributed by atoms with van der Waals surface area (Å²) in [4.78, 5) is 40.1. The van der Waals surface area contributed by atoms with E-state index in [-0.39, 0.29) is 29.6 Å². The molecule has 1 aliphatic rings. The Bertz CT molecular complexity index is 703. The maximum atomic E-state index is 12.8. The molecular weight excluding hydrogens is 364 g/mol. The fraction of sp³-hybridized carbons (Fsp3) is 0.650. The van der Waals surface area contributed by atoms with Crippen LogP contribution in [0, 0.1) is 18.8 Å². The fourth-order valence-corrected chi connectivity index (χ4v) is 4.59. The first-order valence-electron chi connectivity index (χ1n) is 9.69. The molecule has 0 aromatic carbocycles. The fourth-order valence-electron chi connectivity index (χ4n) is 3.45. The van der Waals surface area contributed by atoms with Crippen LogP contribution in [-0.4, -0.2) is 42.4 Å². The van der Waals surface area contributed by atoms with E-state index in [1.165, 1.54) is 11.3 Å². The second kappa shape index (κ2) is 9.35. The Balaban J connectivity index is 2.08. The summed E-state index contributed by atoms with van der Waals surface area (Å²) in [6.07, 6.45) is 2.00. The lowest BCUT2D eigenvalue weighted by atomic mass is 9.95. The van der Waals surface area contributed by atoms with Gasteiger partial charge < -0.3 is 15.0 Å². The summed E-state index contributed by atoms with van der Waals surface area (Å²) in [6, 6.07) is 0. The first kappa shape index (κ1) is 21.4. The van der Waals surface area contributed by atoms with E-state index in [0.717, 1.165) is 10.4 Å². The van der Waals surface area contributed by atoms with Gasteiger partial charge in [-0.05, 0) is 38.7 Å². The van der Waals surface area contributed by atoms with Gasteiger partial charge in [-0.25, -0.2) is 4.79 Å². The van der Waals surface area contributed by atoms with E-state index in [9.17, 15) is 14.4 Å². The number of nitrogens with one attached hydrogen (secondary N) is 1. The van der Waals surface area contributed by atoms with E-state index < -0.39 is 0 Å². The largest absolute Gasteiger partial charge is 0.462 e. The summed E-state index contributed by atoms with van der Waals surface area (Å²) in [7, 11) is 0. The average Bonchev–Trinajstić information content (AvgIpc) is 2.96. The Morgan fingerprint density at radius 3 is 2.37 bits per heavy atom. The van der Waals surface area contributed by atoms with Crippen molar-refractivity contribution in [3.05, 3.63) is 16.0 Å². The molecule has 1 N–H and O–H groups in total. The van der Waals surface area contributed by atoms with Gasteiger partial charge in [0.05, 0.1) is 12.2 Å². The number of nitrogens with zero attached hydrogens (tertiary/aromatic N) is 1. The van der Waals surface area contributed by atoms with Gasteiger partial charge in [-0.3, -0.25) is 9.59 Å². The van der Waals surface area contributed by atoms with E-state index in [1.807, 2.05) is 32.6 Å². The van der Waals surface area contributed by atoms with Crippen LogP contribution in [0.5, 0.6) is 0 Å². The number of thiophene rings is 1. The molecule has 0 radical (unpaired) electrons. The monoisotopic (exact) mass is 394 g/mol. The molecule has 1 fully saturated rings. The molecule has 150 valence electrons. The van der Waals surface area contributed by atoms with Crippen molar-refractivity contribution in [2.24, 2.45) is 11.8 Å². The number of anilines is 1. The molecule has 0 spiro atoms. The molecule has 1 aromatic rings. The number of amides is 2. The van der Waals surface area contributed by atoms with Crippen LogP contribution in [-0.2, 0) is 20.7 Å². The molecule has 27 heavy (non-hydrogen) atoms. The van der Waals surface area contributed by atoms with Gasteiger partial charge in [-0.1, -0.05) is 20.8 Å². The summed E-state index contributed by atoms with van der Waals surface area (Å²) in [6.45, 7) is 11.0. The van der Waals surface area contributed by atoms with Crippen molar-refractivity contribution in [2.45, 2.75) is 53.9 Å². The van der Waals surface area contributed by atoms with Gasteiger partial charge >= 0.3 is 5.97 Å². The van der Waals surface area contributed by atoms with Gasteiger partial charge in [-0.15, -0.1) is 11.3 Å². The Hall–Kier alpha value is -1.89. The summed E-state index contributed by atoms with van der Waals surface area (Å²) in [5.41, 5.74) is 1.42. The molecule has 2 amide bonds. The smallest absolute Gasteiger partial charge is 0.341 e. The Morgan fingerprint density at radius 1 is 1.22 bits per heavy atom. The molecule has 7 heteroatoms.